The summed E-state index contributed by atoms with van der Waals surface area (Å²) >= 11 is 0. The number of halogens is 1. The lowest BCUT2D eigenvalue weighted by molar-refractivity contribution is -0.151. The van der Waals surface area contributed by atoms with Gasteiger partial charge in [-0.15, -0.1) is 0 Å². The van der Waals surface area contributed by atoms with Gasteiger partial charge < -0.3 is 9.15 Å². The molecule has 1 aliphatic heterocycles. The van der Waals surface area contributed by atoms with Gasteiger partial charge >= 0.3 is 5.97 Å². The Hall–Kier alpha value is -3.28. The van der Waals surface area contributed by atoms with Crippen LogP contribution in [-0.4, -0.2) is 17.5 Å². The number of esters is 1. The number of furan rings is 1. The molecular formula is C19H13FO5. The molecule has 126 valence electrons. The van der Waals surface area contributed by atoms with Crippen molar-refractivity contribution >= 4 is 23.6 Å². The zero-order chi connectivity index (χ0) is 18.0. The minimum absolute atomic E-state index is 0.156. The molecule has 0 radical (unpaired) electrons. The second-order valence-electron chi connectivity index (χ2n) is 5.43. The molecule has 1 aromatic heterocycles. The average molecular weight is 340 g/mol. The van der Waals surface area contributed by atoms with Crippen molar-refractivity contribution in [2.45, 2.75) is 6.92 Å². The Morgan fingerprint density at radius 2 is 1.92 bits per heavy atom. The highest BCUT2D eigenvalue weighted by molar-refractivity contribution is 6.25. The van der Waals surface area contributed by atoms with Crippen LogP contribution in [0.5, 0.6) is 0 Å². The van der Waals surface area contributed by atoms with E-state index in [1.54, 1.807) is 30.3 Å². The number of benzene rings is 1. The number of carbonyl (C=O) groups excluding carboxylic acids is 3. The van der Waals surface area contributed by atoms with Gasteiger partial charge in [-0.25, -0.2) is 4.39 Å². The van der Waals surface area contributed by atoms with Gasteiger partial charge in [0.05, 0.1) is 5.56 Å². The zero-order valence-corrected chi connectivity index (χ0v) is 13.2. The molecular weight excluding hydrogens is 327 g/mol. The lowest BCUT2D eigenvalue weighted by Gasteiger charge is -2.15. The van der Waals surface area contributed by atoms with Crippen LogP contribution >= 0.6 is 0 Å². The molecule has 0 bridgehead atoms. The Bertz CT molecular complexity index is 919. The molecule has 0 spiro atoms. The van der Waals surface area contributed by atoms with Crippen molar-refractivity contribution in [3.63, 3.8) is 0 Å². The summed E-state index contributed by atoms with van der Waals surface area (Å²) in [5.74, 6) is -3.40. The van der Waals surface area contributed by atoms with Gasteiger partial charge in [-0.2, -0.15) is 0 Å². The van der Waals surface area contributed by atoms with Crippen LogP contribution in [0.1, 0.15) is 12.7 Å². The molecule has 2 aromatic rings. The number of hydrogen-bond donors (Lipinski definition) is 0. The van der Waals surface area contributed by atoms with Gasteiger partial charge in [-0.1, -0.05) is 12.1 Å². The molecule has 0 saturated heterocycles. The quantitative estimate of drug-likeness (QED) is 0.485. The van der Waals surface area contributed by atoms with Crippen LogP contribution in [0.15, 0.2) is 58.7 Å². The molecule has 2 heterocycles. The maximum Gasteiger partial charge on any atom is 0.329 e. The van der Waals surface area contributed by atoms with Gasteiger partial charge in [0, 0.05) is 6.08 Å². The summed E-state index contributed by atoms with van der Waals surface area (Å²) in [5.41, 5.74) is 0.292. The van der Waals surface area contributed by atoms with Crippen molar-refractivity contribution in [2.24, 2.45) is 5.92 Å². The van der Waals surface area contributed by atoms with Gasteiger partial charge in [-0.3, -0.25) is 14.4 Å². The summed E-state index contributed by atoms with van der Waals surface area (Å²) in [6, 6.07) is 9.24. The third-order valence-corrected chi connectivity index (χ3v) is 3.59. The average Bonchev–Trinajstić information content (AvgIpc) is 3.01. The van der Waals surface area contributed by atoms with Gasteiger partial charge in [-0.05, 0) is 43.3 Å². The number of ether oxygens (including phenoxy) is 1. The van der Waals surface area contributed by atoms with E-state index < -0.39 is 29.3 Å². The van der Waals surface area contributed by atoms with E-state index in [0.29, 0.717) is 11.3 Å². The van der Waals surface area contributed by atoms with Crippen molar-refractivity contribution in [3.05, 3.63) is 65.9 Å². The van der Waals surface area contributed by atoms with E-state index in [2.05, 4.69) is 0 Å². The predicted octanol–water partition coefficient (Wildman–Crippen LogP) is 3.31. The number of cyclic esters (lactones) is 1. The Morgan fingerprint density at radius 3 is 2.64 bits per heavy atom. The summed E-state index contributed by atoms with van der Waals surface area (Å²) in [7, 11) is 0. The van der Waals surface area contributed by atoms with E-state index in [1.807, 2.05) is 0 Å². The number of hydrogen-bond acceptors (Lipinski definition) is 5. The van der Waals surface area contributed by atoms with Gasteiger partial charge in [0.1, 0.15) is 23.1 Å². The SMILES string of the molecule is CC1=CC(=O)C(C(=O)C=Cc2ccc(-c3ccccc3F)o2)C(=O)O1. The molecule has 5 nitrogen and oxygen atoms in total. The molecule has 3 rings (SSSR count). The fourth-order valence-electron chi connectivity index (χ4n) is 2.41. The fourth-order valence-corrected chi connectivity index (χ4v) is 2.41. The second-order valence-corrected chi connectivity index (χ2v) is 5.43. The molecule has 1 atom stereocenters. The summed E-state index contributed by atoms with van der Waals surface area (Å²) < 4.78 is 24.0. The third kappa shape index (κ3) is 3.47. The Kier molecular flexibility index (Phi) is 4.43. The molecule has 0 amide bonds. The van der Waals surface area contributed by atoms with E-state index >= 15 is 0 Å². The van der Waals surface area contributed by atoms with Gasteiger partial charge in [0.2, 0.25) is 0 Å². The maximum atomic E-state index is 13.7. The highest BCUT2D eigenvalue weighted by atomic mass is 19.1. The minimum atomic E-state index is -1.50. The van der Waals surface area contributed by atoms with Crippen molar-refractivity contribution in [2.75, 3.05) is 0 Å². The summed E-state index contributed by atoms with van der Waals surface area (Å²) in [4.78, 5) is 35.6. The zero-order valence-electron chi connectivity index (χ0n) is 13.2. The monoisotopic (exact) mass is 340 g/mol. The Labute approximate surface area is 142 Å². The van der Waals surface area contributed by atoms with Crippen LogP contribution in [0.4, 0.5) is 4.39 Å². The first kappa shape index (κ1) is 16.6. The first-order valence-electron chi connectivity index (χ1n) is 7.46. The predicted molar refractivity (Wildman–Crippen MR) is 86.5 cm³/mol. The molecule has 1 aromatic carbocycles. The largest absolute Gasteiger partial charge is 0.457 e. The van der Waals surface area contributed by atoms with E-state index in [1.165, 1.54) is 19.1 Å². The van der Waals surface area contributed by atoms with Crippen molar-refractivity contribution in [1.29, 1.82) is 0 Å². The molecule has 0 fully saturated rings. The van der Waals surface area contributed by atoms with E-state index in [4.69, 9.17) is 9.15 Å². The fraction of sp³-hybridized carbons (Fsp3) is 0.105. The molecule has 25 heavy (non-hydrogen) atoms. The van der Waals surface area contributed by atoms with Gasteiger partial charge in [0.25, 0.3) is 0 Å². The van der Waals surface area contributed by atoms with Crippen LogP contribution in [-0.2, 0) is 19.1 Å². The van der Waals surface area contributed by atoms with Crippen molar-refractivity contribution < 1.29 is 27.9 Å². The normalized spacial score (nSPS) is 17.5. The lowest BCUT2D eigenvalue weighted by atomic mass is 9.96. The summed E-state index contributed by atoms with van der Waals surface area (Å²) in [6.45, 7) is 1.46. The minimum Gasteiger partial charge on any atom is -0.457 e. The van der Waals surface area contributed by atoms with E-state index in [0.717, 1.165) is 12.2 Å². The highest BCUT2D eigenvalue weighted by Gasteiger charge is 2.36. The molecule has 6 heteroatoms. The molecule has 0 saturated carbocycles. The number of rotatable bonds is 4. The second kappa shape index (κ2) is 6.68. The number of carbonyl (C=O) groups is 3. The first-order valence-corrected chi connectivity index (χ1v) is 7.46. The van der Waals surface area contributed by atoms with Crippen LogP contribution in [0, 0.1) is 11.7 Å². The van der Waals surface area contributed by atoms with Crippen LogP contribution in [0.2, 0.25) is 0 Å². The van der Waals surface area contributed by atoms with Crippen molar-refractivity contribution in [1.82, 2.24) is 0 Å². The topological polar surface area (TPSA) is 73.6 Å². The number of ketones is 2. The molecule has 1 aliphatic rings. The standard InChI is InChI=1S/C19H13FO5/c1-11-10-16(22)18(19(23)24-11)15(21)8-6-12-7-9-17(25-12)13-4-2-3-5-14(13)20/h2-10,18H,1H3. The first-order chi connectivity index (χ1) is 12.0. The summed E-state index contributed by atoms with van der Waals surface area (Å²) in [5, 5.41) is 0. The molecule has 1 unspecified atom stereocenters. The highest BCUT2D eigenvalue weighted by Crippen LogP contribution is 2.25. The smallest absolute Gasteiger partial charge is 0.329 e. The van der Waals surface area contributed by atoms with Gasteiger partial charge in [0.15, 0.2) is 17.5 Å². The van der Waals surface area contributed by atoms with Crippen LogP contribution in [0.3, 0.4) is 0 Å². The lowest BCUT2D eigenvalue weighted by Crippen LogP contribution is -2.34. The van der Waals surface area contributed by atoms with Crippen LogP contribution < -0.4 is 0 Å². The molecule has 0 N–H and O–H groups in total. The Balaban J connectivity index is 1.77. The third-order valence-electron chi connectivity index (χ3n) is 3.59. The maximum absolute atomic E-state index is 13.7. The summed E-state index contributed by atoms with van der Waals surface area (Å²) in [6.07, 6.45) is 3.50. The van der Waals surface area contributed by atoms with E-state index in [-0.39, 0.29) is 11.5 Å². The number of allylic oxidation sites excluding steroid dienone is 3. The van der Waals surface area contributed by atoms with E-state index in [9.17, 15) is 18.8 Å². The Morgan fingerprint density at radius 1 is 1.16 bits per heavy atom. The van der Waals surface area contributed by atoms with Crippen molar-refractivity contribution in [3.8, 4) is 11.3 Å². The molecule has 0 aliphatic carbocycles. The van der Waals surface area contributed by atoms with Crippen LogP contribution in [0.25, 0.3) is 17.4 Å².